The Hall–Kier alpha value is -3.24. The number of carbonyl (C=O) groups is 1. The average Bonchev–Trinajstić information content (AvgIpc) is 3.26. The maximum atomic E-state index is 13.1. The number of piperazine rings is 1. The summed E-state index contributed by atoms with van der Waals surface area (Å²) in [5.74, 6) is 0.413. The number of hydrogen-bond acceptors (Lipinski definition) is 6. The molecule has 0 radical (unpaired) electrons. The summed E-state index contributed by atoms with van der Waals surface area (Å²) in [6.45, 7) is 2.68. The number of fused-ring (bicyclic) bond motifs is 1. The van der Waals surface area contributed by atoms with Crippen LogP contribution >= 0.6 is 23.6 Å². The lowest BCUT2D eigenvalue weighted by Gasteiger charge is -2.36. The van der Waals surface area contributed by atoms with Crippen LogP contribution in [0.2, 0.25) is 0 Å². The van der Waals surface area contributed by atoms with E-state index in [0.29, 0.717) is 48.0 Å². The summed E-state index contributed by atoms with van der Waals surface area (Å²) in [4.78, 5) is 30.4. The minimum Gasteiger partial charge on any atom is -0.368 e. The molecule has 1 aromatic heterocycles. The van der Waals surface area contributed by atoms with E-state index in [9.17, 15) is 9.18 Å². The topological polar surface area (TPSA) is 73.2 Å². The van der Waals surface area contributed by atoms with Crippen molar-refractivity contribution in [1.82, 2.24) is 15.2 Å². The Bertz CT molecular complexity index is 1190. The SMILES string of the molecule is O=C(Cc1csc(/N=C2\NC(=S)N=C3C=CC=CC32)n1)N1CCN(c2ccc(F)cc2)CC1. The van der Waals surface area contributed by atoms with Gasteiger partial charge >= 0.3 is 0 Å². The molecule has 2 aliphatic heterocycles. The molecule has 33 heavy (non-hydrogen) atoms. The zero-order valence-corrected chi connectivity index (χ0v) is 19.3. The zero-order valence-electron chi connectivity index (χ0n) is 17.6. The summed E-state index contributed by atoms with van der Waals surface area (Å²) >= 11 is 6.62. The third-order valence-electron chi connectivity index (χ3n) is 5.67. The fourth-order valence-electron chi connectivity index (χ4n) is 3.96. The summed E-state index contributed by atoms with van der Waals surface area (Å²) < 4.78 is 13.1. The second-order valence-corrected chi connectivity index (χ2v) is 9.05. The van der Waals surface area contributed by atoms with E-state index in [1.54, 1.807) is 12.1 Å². The Morgan fingerprint density at radius 2 is 2.00 bits per heavy atom. The Kier molecular flexibility index (Phi) is 6.10. The van der Waals surface area contributed by atoms with Crippen molar-refractivity contribution in [1.29, 1.82) is 0 Å². The number of hydrogen-bond donors (Lipinski definition) is 1. The van der Waals surface area contributed by atoms with Crippen molar-refractivity contribution in [2.75, 3.05) is 31.1 Å². The van der Waals surface area contributed by atoms with Gasteiger partial charge in [-0.15, -0.1) is 11.3 Å². The van der Waals surface area contributed by atoms with Gasteiger partial charge in [-0.2, -0.15) is 0 Å². The number of carbonyl (C=O) groups excluding carboxylic acids is 1. The molecular formula is C23H21FN6OS2. The molecule has 1 atom stereocenters. The number of nitrogens with zero attached hydrogens (tertiary/aromatic N) is 5. The van der Waals surface area contributed by atoms with Gasteiger partial charge in [-0.1, -0.05) is 18.2 Å². The van der Waals surface area contributed by atoms with Gasteiger partial charge in [0.25, 0.3) is 0 Å². The molecule has 1 N–H and O–H groups in total. The average molecular weight is 481 g/mol. The highest BCUT2D eigenvalue weighted by Crippen LogP contribution is 2.24. The van der Waals surface area contributed by atoms with Crippen molar-refractivity contribution < 1.29 is 9.18 Å². The summed E-state index contributed by atoms with van der Waals surface area (Å²) in [6, 6.07) is 6.46. The van der Waals surface area contributed by atoms with Crippen molar-refractivity contribution in [2.24, 2.45) is 15.9 Å². The monoisotopic (exact) mass is 480 g/mol. The van der Waals surface area contributed by atoms with Gasteiger partial charge in [-0.05, 0) is 42.6 Å². The minimum atomic E-state index is -0.247. The highest BCUT2D eigenvalue weighted by atomic mass is 32.1. The van der Waals surface area contributed by atoms with Crippen molar-refractivity contribution in [3.63, 3.8) is 0 Å². The van der Waals surface area contributed by atoms with Crippen molar-refractivity contribution in [3.05, 3.63) is 65.5 Å². The lowest BCUT2D eigenvalue weighted by Crippen LogP contribution is -2.49. The van der Waals surface area contributed by atoms with Crippen LogP contribution in [0, 0.1) is 11.7 Å². The fraction of sp³-hybridized carbons (Fsp3) is 0.261. The lowest BCUT2D eigenvalue weighted by atomic mass is 9.96. The smallest absolute Gasteiger partial charge is 0.228 e. The molecule has 0 saturated carbocycles. The summed E-state index contributed by atoms with van der Waals surface area (Å²) in [5.41, 5.74) is 2.53. The van der Waals surface area contributed by atoms with Crippen molar-refractivity contribution >= 4 is 56.9 Å². The number of thiazole rings is 1. The lowest BCUT2D eigenvalue weighted by molar-refractivity contribution is -0.130. The first-order valence-electron chi connectivity index (χ1n) is 10.6. The number of halogens is 1. The maximum Gasteiger partial charge on any atom is 0.228 e. The molecule has 1 unspecified atom stereocenters. The molecule has 2 aromatic rings. The predicted octanol–water partition coefficient (Wildman–Crippen LogP) is 3.27. The Balaban J connectivity index is 1.19. The van der Waals surface area contributed by atoms with Crippen LogP contribution in [0.15, 0.2) is 63.9 Å². The van der Waals surface area contributed by atoms with E-state index in [4.69, 9.17) is 12.2 Å². The highest BCUT2D eigenvalue weighted by Gasteiger charge is 2.26. The first-order valence-corrected chi connectivity index (χ1v) is 11.9. The van der Waals surface area contributed by atoms with Crippen LogP contribution in [0.1, 0.15) is 5.69 Å². The van der Waals surface area contributed by atoms with E-state index in [1.165, 1.54) is 23.5 Å². The number of anilines is 1. The van der Waals surface area contributed by atoms with Gasteiger partial charge in [0, 0.05) is 37.2 Å². The van der Waals surface area contributed by atoms with Gasteiger partial charge in [0.1, 0.15) is 11.7 Å². The first-order chi connectivity index (χ1) is 16.0. The van der Waals surface area contributed by atoms with Gasteiger partial charge in [0.2, 0.25) is 11.0 Å². The Morgan fingerprint density at radius 3 is 2.79 bits per heavy atom. The number of rotatable bonds is 4. The van der Waals surface area contributed by atoms with E-state index in [0.717, 1.165) is 11.4 Å². The number of aromatic nitrogens is 1. The van der Waals surface area contributed by atoms with Crippen molar-refractivity contribution in [3.8, 4) is 0 Å². The third-order valence-corrected chi connectivity index (χ3v) is 6.65. The van der Waals surface area contributed by atoms with Gasteiger partial charge in [-0.3, -0.25) is 4.79 Å². The molecule has 1 saturated heterocycles. The molecule has 1 aliphatic carbocycles. The minimum absolute atomic E-state index is 0.0463. The molecule has 0 bridgehead atoms. The summed E-state index contributed by atoms with van der Waals surface area (Å²) in [5, 5.41) is 5.89. The number of amidine groups is 1. The normalized spacial score (nSPS) is 21.1. The molecule has 168 valence electrons. The molecule has 7 nitrogen and oxygen atoms in total. The molecule has 0 spiro atoms. The number of amides is 1. The largest absolute Gasteiger partial charge is 0.368 e. The van der Waals surface area contributed by atoms with Crippen LogP contribution in [0.25, 0.3) is 0 Å². The number of allylic oxidation sites excluding steroid dienone is 3. The molecule has 5 rings (SSSR count). The highest BCUT2D eigenvalue weighted by molar-refractivity contribution is 7.80. The van der Waals surface area contributed by atoms with Gasteiger partial charge < -0.3 is 15.1 Å². The quantitative estimate of drug-likeness (QED) is 0.680. The Morgan fingerprint density at radius 1 is 1.21 bits per heavy atom. The van der Waals surface area contributed by atoms with Gasteiger partial charge in [-0.25, -0.2) is 19.4 Å². The van der Waals surface area contributed by atoms with Gasteiger partial charge in [0.05, 0.1) is 23.7 Å². The van der Waals surface area contributed by atoms with E-state index in [-0.39, 0.29) is 24.1 Å². The standard InChI is InChI=1S/C23H21FN6OS2/c24-15-5-7-17(8-6-15)29-9-11-30(12-10-29)20(31)13-16-14-33-23(25-16)28-21-18-3-1-2-4-19(18)26-22(32)27-21/h1-8,14,18H,9-13H2,(H,25,27,28,32). The van der Waals surface area contributed by atoms with Crippen LogP contribution in [-0.4, -0.2) is 58.6 Å². The van der Waals surface area contributed by atoms with Crippen LogP contribution < -0.4 is 10.2 Å². The second-order valence-electron chi connectivity index (χ2n) is 7.83. The van der Waals surface area contributed by atoms with Crippen LogP contribution in [0.3, 0.4) is 0 Å². The molecule has 3 aliphatic rings. The van der Waals surface area contributed by atoms with E-state index < -0.39 is 0 Å². The van der Waals surface area contributed by atoms with E-state index in [2.05, 4.69) is 25.2 Å². The fourth-order valence-corrected chi connectivity index (χ4v) is 4.87. The first kappa shape index (κ1) is 21.6. The number of thiocarbonyl (C=S) groups is 1. The third kappa shape index (κ3) is 4.91. The molecule has 1 aromatic carbocycles. The number of nitrogens with one attached hydrogen (secondary N) is 1. The molecule has 3 heterocycles. The van der Waals surface area contributed by atoms with Crippen molar-refractivity contribution in [2.45, 2.75) is 6.42 Å². The summed E-state index contributed by atoms with van der Waals surface area (Å²) in [6.07, 6.45) is 8.05. The second kappa shape index (κ2) is 9.32. The van der Waals surface area contributed by atoms with Crippen LogP contribution in [-0.2, 0) is 11.2 Å². The van der Waals surface area contributed by atoms with Crippen LogP contribution in [0.4, 0.5) is 15.2 Å². The van der Waals surface area contributed by atoms with E-state index >= 15 is 0 Å². The number of aliphatic imine (C=N–C) groups is 2. The zero-order chi connectivity index (χ0) is 22.8. The molecular weight excluding hydrogens is 459 g/mol. The molecule has 10 heteroatoms. The van der Waals surface area contributed by atoms with E-state index in [1.807, 2.05) is 34.6 Å². The van der Waals surface area contributed by atoms with Crippen LogP contribution in [0.5, 0.6) is 0 Å². The molecule has 1 amide bonds. The maximum absolute atomic E-state index is 13.1. The molecule has 1 fully saturated rings. The van der Waals surface area contributed by atoms with Gasteiger partial charge in [0.15, 0.2) is 5.11 Å². The number of benzene rings is 1. The summed E-state index contributed by atoms with van der Waals surface area (Å²) in [7, 11) is 0. The Labute approximate surface area is 200 Å². The predicted molar refractivity (Wildman–Crippen MR) is 133 cm³/mol.